The van der Waals surface area contributed by atoms with Crippen LogP contribution in [-0.4, -0.2) is 4.98 Å². The summed E-state index contributed by atoms with van der Waals surface area (Å²) >= 11 is 9.33. The number of halogens is 2. The molecule has 0 unspecified atom stereocenters. The molecule has 2 nitrogen and oxygen atoms in total. The van der Waals surface area contributed by atoms with Crippen molar-refractivity contribution in [2.75, 3.05) is 5.73 Å². The largest absolute Gasteiger partial charge is 0.384 e. The third kappa shape index (κ3) is 1.49. The van der Waals surface area contributed by atoms with Crippen molar-refractivity contribution >= 4 is 44.1 Å². The fraction of sp³-hybridized carbons (Fsp3) is 0. The summed E-state index contributed by atoms with van der Waals surface area (Å²) in [6, 6.07) is 7.46. The Bertz CT molecular complexity index is 470. The second-order valence-corrected chi connectivity index (χ2v) is 3.83. The fourth-order valence-electron chi connectivity index (χ4n) is 1.24. The monoisotopic (exact) mass is 256 g/mol. The quantitative estimate of drug-likeness (QED) is 0.736. The van der Waals surface area contributed by atoms with Crippen LogP contribution in [-0.2, 0) is 0 Å². The highest BCUT2D eigenvalue weighted by Gasteiger charge is 2.04. The van der Waals surface area contributed by atoms with Gasteiger partial charge in [0.25, 0.3) is 0 Å². The third-order valence-corrected chi connectivity index (χ3v) is 2.67. The van der Waals surface area contributed by atoms with E-state index in [2.05, 4.69) is 20.9 Å². The topological polar surface area (TPSA) is 38.9 Å². The van der Waals surface area contributed by atoms with Crippen molar-refractivity contribution in [2.24, 2.45) is 0 Å². The second kappa shape index (κ2) is 3.16. The van der Waals surface area contributed by atoms with E-state index in [1.54, 1.807) is 6.07 Å². The van der Waals surface area contributed by atoms with Gasteiger partial charge in [-0.1, -0.05) is 23.7 Å². The molecule has 0 aliphatic carbocycles. The average molecular weight is 258 g/mol. The first-order chi connectivity index (χ1) is 6.18. The number of nitrogen functional groups attached to an aromatic ring is 1. The van der Waals surface area contributed by atoms with E-state index < -0.39 is 0 Å². The molecule has 2 N–H and O–H groups in total. The number of pyridine rings is 1. The van der Waals surface area contributed by atoms with Crippen molar-refractivity contribution in [1.29, 1.82) is 0 Å². The lowest BCUT2D eigenvalue weighted by Gasteiger charge is -2.03. The number of benzene rings is 1. The predicted octanol–water partition coefficient (Wildman–Crippen LogP) is 3.23. The number of fused-ring (bicyclic) bond motifs is 1. The molecule has 0 fully saturated rings. The van der Waals surface area contributed by atoms with Gasteiger partial charge in [-0.15, -0.1) is 0 Å². The zero-order valence-corrected chi connectivity index (χ0v) is 8.93. The summed E-state index contributed by atoms with van der Waals surface area (Å²) in [5.41, 5.74) is 5.59. The van der Waals surface area contributed by atoms with Crippen molar-refractivity contribution in [1.82, 2.24) is 4.98 Å². The number of anilines is 1. The molecular weight excluding hydrogens is 251 g/mol. The van der Waals surface area contributed by atoms with Crippen LogP contribution in [0.1, 0.15) is 0 Å². The van der Waals surface area contributed by atoms with Crippen LogP contribution in [0.4, 0.5) is 5.82 Å². The van der Waals surface area contributed by atoms with E-state index in [-0.39, 0.29) is 0 Å². The number of nitrogens with zero attached hydrogens (tertiary/aromatic N) is 1. The summed E-state index contributed by atoms with van der Waals surface area (Å²) in [6.45, 7) is 0. The van der Waals surface area contributed by atoms with Crippen LogP contribution in [0.15, 0.2) is 28.9 Å². The SMILES string of the molecule is Nc1cc2cccc(Cl)c2c(Br)n1. The van der Waals surface area contributed by atoms with E-state index in [0.29, 0.717) is 15.4 Å². The molecule has 1 aromatic carbocycles. The zero-order chi connectivity index (χ0) is 9.42. The first kappa shape index (κ1) is 8.78. The lowest BCUT2D eigenvalue weighted by Crippen LogP contribution is -1.91. The van der Waals surface area contributed by atoms with E-state index in [1.165, 1.54) is 0 Å². The van der Waals surface area contributed by atoms with Gasteiger partial charge in [-0.3, -0.25) is 0 Å². The molecule has 0 saturated carbocycles. The van der Waals surface area contributed by atoms with Gasteiger partial charge in [0, 0.05) is 5.39 Å². The Hall–Kier alpha value is -0.800. The molecule has 0 radical (unpaired) electrons. The summed E-state index contributed by atoms with van der Waals surface area (Å²) in [7, 11) is 0. The minimum atomic E-state index is 0.488. The molecule has 1 heterocycles. The first-order valence-corrected chi connectivity index (χ1v) is 4.86. The van der Waals surface area contributed by atoms with Gasteiger partial charge in [-0.2, -0.15) is 0 Å². The first-order valence-electron chi connectivity index (χ1n) is 3.69. The Kier molecular flexibility index (Phi) is 2.14. The lowest BCUT2D eigenvalue weighted by atomic mass is 10.2. The van der Waals surface area contributed by atoms with E-state index >= 15 is 0 Å². The van der Waals surface area contributed by atoms with Crippen LogP contribution in [0, 0.1) is 0 Å². The van der Waals surface area contributed by atoms with Gasteiger partial charge in [0.2, 0.25) is 0 Å². The van der Waals surface area contributed by atoms with Crippen LogP contribution in [0.2, 0.25) is 5.02 Å². The molecule has 0 spiro atoms. The highest BCUT2D eigenvalue weighted by molar-refractivity contribution is 9.10. The third-order valence-electron chi connectivity index (χ3n) is 1.78. The Balaban J connectivity index is 2.94. The molecule has 2 aromatic rings. The van der Waals surface area contributed by atoms with Crippen LogP contribution in [0.25, 0.3) is 10.8 Å². The van der Waals surface area contributed by atoms with Gasteiger partial charge in [-0.25, -0.2) is 4.98 Å². The van der Waals surface area contributed by atoms with E-state index in [4.69, 9.17) is 17.3 Å². The number of aromatic nitrogens is 1. The molecule has 0 aliphatic heterocycles. The van der Waals surface area contributed by atoms with Gasteiger partial charge >= 0.3 is 0 Å². The van der Waals surface area contributed by atoms with Crippen molar-refractivity contribution in [3.63, 3.8) is 0 Å². The maximum atomic E-state index is 6.00. The van der Waals surface area contributed by atoms with Crippen LogP contribution < -0.4 is 5.73 Å². The Morgan fingerprint density at radius 1 is 1.38 bits per heavy atom. The smallest absolute Gasteiger partial charge is 0.125 e. The van der Waals surface area contributed by atoms with Crippen molar-refractivity contribution < 1.29 is 0 Å². The summed E-state index contributed by atoms with van der Waals surface area (Å²) < 4.78 is 0.688. The van der Waals surface area contributed by atoms with Crippen molar-refractivity contribution in [3.05, 3.63) is 33.9 Å². The highest BCUT2D eigenvalue weighted by Crippen LogP contribution is 2.30. The second-order valence-electron chi connectivity index (χ2n) is 2.68. The van der Waals surface area contributed by atoms with Crippen LogP contribution in [0.5, 0.6) is 0 Å². The predicted molar refractivity (Wildman–Crippen MR) is 58.9 cm³/mol. The van der Waals surface area contributed by atoms with Crippen molar-refractivity contribution in [2.45, 2.75) is 0 Å². The normalized spacial score (nSPS) is 10.6. The molecular formula is C9H6BrClN2. The van der Waals surface area contributed by atoms with Crippen LogP contribution in [0.3, 0.4) is 0 Å². The van der Waals surface area contributed by atoms with E-state index in [1.807, 2.05) is 18.2 Å². The van der Waals surface area contributed by atoms with Crippen molar-refractivity contribution in [3.8, 4) is 0 Å². The summed E-state index contributed by atoms with van der Waals surface area (Å²) in [6.07, 6.45) is 0. The Morgan fingerprint density at radius 3 is 2.92 bits per heavy atom. The zero-order valence-electron chi connectivity index (χ0n) is 6.59. The number of hydrogen-bond acceptors (Lipinski definition) is 2. The molecule has 0 saturated heterocycles. The molecule has 4 heteroatoms. The fourth-order valence-corrected chi connectivity index (χ4v) is 2.27. The molecule has 0 bridgehead atoms. The molecule has 0 amide bonds. The minimum absolute atomic E-state index is 0.488. The number of nitrogens with two attached hydrogens (primary N) is 1. The number of rotatable bonds is 0. The molecule has 2 rings (SSSR count). The summed E-state index contributed by atoms with van der Waals surface area (Å²) in [5, 5.41) is 2.57. The number of hydrogen-bond donors (Lipinski definition) is 1. The minimum Gasteiger partial charge on any atom is -0.384 e. The van der Waals surface area contributed by atoms with Gasteiger partial charge in [0.1, 0.15) is 10.4 Å². The maximum absolute atomic E-state index is 6.00. The van der Waals surface area contributed by atoms with E-state index in [0.717, 1.165) is 10.8 Å². The van der Waals surface area contributed by atoms with E-state index in [9.17, 15) is 0 Å². The summed E-state index contributed by atoms with van der Waals surface area (Å²) in [5.74, 6) is 0.488. The van der Waals surface area contributed by atoms with Gasteiger partial charge in [0.15, 0.2) is 0 Å². The van der Waals surface area contributed by atoms with Gasteiger partial charge in [-0.05, 0) is 33.4 Å². The van der Waals surface area contributed by atoms with Gasteiger partial charge < -0.3 is 5.73 Å². The lowest BCUT2D eigenvalue weighted by molar-refractivity contribution is 1.32. The molecule has 0 aliphatic rings. The molecule has 1 aromatic heterocycles. The van der Waals surface area contributed by atoms with Crippen LogP contribution >= 0.6 is 27.5 Å². The Morgan fingerprint density at radius 2 is 2.15 bits per heavy atom. The Labute approximate surface area is 88.8 Å². The molecule has 0 atom stereocenters. The average Bonchev–Trinajstić information content (AvgIpc) is 2.02. The molecule has 13 heavy (non-hydrogen) atoms. The standard InChI is InChI=1S/C9H6BrClN2/c10-9-8-5(4-7(12)13-9)2-1-3-6(8)11/h1-4H,(H2,12,13). The highest BCUT2D eigenvalue weighted by atomic mass is 79.9. The molecule has 66 valence electrons. The maximum Gasteiger partial charge on any atom is 0.125 e. The van der Waals surface area contributed by atoms with Gasteiger partial charge in [0.05, 0.1) is 5.02 Å². The summed E-state index contributed by atoms with van der Waals surface area (Å²) in [4.78, 5) is 4.07.